The van der Waals surface area contributed by atoms with Crippen LogP contribution in [0.2, 0.25) is 0 Å². The van der Waals surface area contributed by atoms with E-state index in [4.69, 9.17) is 0 Å². The number of halogens is 3. The highest BCUT2D eigenvalue weighted by Gasteiger charge is 2.35. The van der Waals surface area contributed by atoms with Crippen LogP contribution in [0.5, 0.6) is 0 Å². The molecule has 6 nitrogen and oxygen atoms in total. The van der Waals surface area contributed by atoms with Crippen molar-refractivity contribution in [1.29, 1.82) is 0 Å². The van der Waals surface area contributed by atoms with Crippen LogP contribution < -0.4 is 5.32 Å². The topological polar surface area (TPSA) is 78.8 Å². The van der Waals surface area contributed by atoms with Crippen molar-refractivity contribution in [3.8, 4) is 0 Å². The fourth-order valence-electron chi connectivity index (χ4n) is 3.07. The molecule has 1 aliphatic rings. The molecule has 1 heterocycles. The quantitative estimate of drug-likeness (QED) is 0.695. The lowest BCUT2D eigenvalue weighted by atomic mass is 10.1. The zero-order chi connectivity index (χ0) is 22.6. The maximum Gasteiger partial charge on any atom is 0.417 e. The molecule has 3 rings (SSSR count). The second-order valence-corrected chi connectivity index (χ2v) is 8.55. The van der Waals surface area contributed by atoms with E-state index in [0.29, 0.717) is 18.3 Å². The van der Waals surface area contributed by atoms with Gasteiger partial charge in [-0.05, 0) is 36.2 Å². The van der Waals surface area contributed by atoms with E-state index in [1.807, 2.05) is 0 Å². The number of benzene rings is 2. The first-order valence-electron chi connectivity index (χ1n) is 9.36. The van der Waals surface area contributed by atoms with Gasteiger partial charge in [0, 0.05) is 31.8 Å². The molecule has 164 valence electrons. The lowest BCUT2D eigenvalue weighted by Crippen LogP contribution is -2.20. The molecule has 31 heavy (non-hydrogen) atoms. The van der Waals surface area contributed by atoms with Crippen molar-refractivity contribution in [3.63, 3.8) is 0 Å². The predicted octanol–water partition coefficient (Wildman–Crippen LogP) is 4.08. The molecule has 2 aromatic carbocycles. The zero-order valence-electron chi connectivity index (χ0n) is 16.6. The van der Waals surface area contributed by atoms with Gasteiger partial charge in [-0.3, -0.25) is 4.79 Å². The van der Waals surface area contributed by atoms with Gasteiger partial charge in [0.2, 0.25) is 5.91 Å². The lowest BCUT2D eigenvalue weighted by Gasteiger charge is -2.12. The normalized spacial score (nSPS) is 16.6. The summed E-state index contributed by atoms with van der Waals surface area (Å²) in [7, 11) is -2.16. The highest BCUT2D eigenvalue weighted by Crippen LogP contribution is 2.33. The molecule has 0 spiro atoms. The number of carbonyl (C=O) groups is 1. The zero-order valence-corrected chi connectivity index (χ0v) is 17.4. The molecule has 0 atom stereocenters. The van der Waals surface area contributed by atoms with Gasteiger partial charge in [0.05, 0.1) is 10.5 Å². The van der Waals surface area contributed by atoms with Crippen LogP contribution in [-0.4, -0.2) is 44.8 Å². The Kier molecular flexibility index (Phi) is 6.49. The second kappa shape index (κ2) is 8.93. The summed E-state index contributed by atoms with van der Waals surface area (Å²) in [6.07, 6.45) is -2.85. The second-order valence-electron chi connectivity index (χ2n) is 6.94. The Morgan fingerprint density at radius 2 is 1.74 bits per heavy atom. The van der Waals surface area contributed by atoms with E-state index in [2.05, 4.69) is 9.71 Å². The summed E-state index contributed by atoms with van der Waals surface area (Å²) in [6.45, 7) is 0.732. The Balaban J connectivity index is 1.77. The van der Waals surface area contributed by atoms with Crippen LogP contribution in [0.1, 0.15) is 18.4 Å². The third-order valence-electron chi connectivity index (χ3n) is 4.65. The van der Waals surface area contributed by atoms with E-state index in [0.717, 1.165) is 13.0 Å². The SMILES string of the molecule is CN1CCC/C1=N/S(=O)(=O)c1ccc(NC(=O)/C=C(/c2ccccc2)C(F)(F)F)cc1. The van der Waals surface area contributed by atoms with E-state index in [-0.39, 0.29) is 16.1 Å². The molecule has 0 aliphatic carbocycles. The van der Waals surface area contributed by atoms with Crippen molar-refractivity contribution >= 4 is 33.0 Å². The Morgan fingerprint density at radius 3 is 2.29 bits per heavy atom. The number of hydrogen-bond acceptors (Lipinski definition) is 3. The molecular formula is C21H20F3N3O3S. The maximum atomic E-state index is 13.4. The summed E-state index contributed by atoms with van der Waals surface area (Å²) in [5, 5.41) is 2.32. The Bertz CT molecular complexity index is 1110. The summed E-state index contributed by atoms with van der Waals surface area (Å²) < 4.78 is 68.8. The summed E-state index contributed by atoms with van der Waals surface area (Å²) in [5.74, 6) is -0.511. The number of sulfonamides is 1. The van der Waals surface area contributed by atoms with Crippen LogP contribution in [-0.2, 0) is 14.8 Å². The van der Waals surface area contributed by atoms with Gasteiger partial charge in [0.15, 0.2) is 0 Å². The van der Waals surface area contributed by atoms with Crippen LogP contribution >= 0.6 is 0 Å². The molecule has 1 saturated heterocycles. The van der Waals surface area contributed by atoms with Gasteiger partial charge in [-0.15, -0.1) is 4.40 Å². The minimum Gasteiger partial charge on any atom is -0.362 e. The van der Waals surface area contributed by atoms with Gasteiger partial charge in [-0.2, -0.15) is 21.6 Å². The monoisotopic (exact) mass is 451 g/mol. The number of anilines is 1. The average molecular weight is 451 g/mol. The molecule has 0 radical (unpaired) electrons. The van der Waals surface area contributed by atoms with Crippen molar-refractivity contribution < 1.29 is 26.4 Å². The molecule has 1 aliphatic heterocycles. The fraction of sp³-hybridized carbons (Fsp3) is 0.238. The van der Waals surface area contributed by atoms with Crippen molar-refractivity contribution in [2.75, 3.05) is 18.9 Å². The summed E-state index contributed by atoms with van der Waals surface area (Å²) in [4.78, 5) is 13.9. The first kappa shape index (κ1) is 22.5. The summed E-state index contributed by atoms with van der Waals surface area (Å²) in [5.41, 5.74) is -1.07. The first-order chi connectivity index (χ1) is 14.6. The van der Waals surface area contributed by atoms with E-state index < -0.39 is 27.7 Å². The molecule has 1 fully saturated rings. The van der Waals surface area contributed by atoms with Gasteiger partial charge in [0.1, 0.15) is 5.84 Å². The molecule has 0 unspecified atom stereocenters. The fourth-order valence-corrected chi connectivity index (χ4v) is 4.16. The number of amidine groups is 1. The molecule has 0 saturated carbocycles. The molecule has 10 heteroatoms. The Labute approximate surface area is 178 Å². The van der Waals surface area contributed by atoms with Gasteiger partial charge in [-0.1, -0.05) is 30.3 Å². The molecule has 2 aromatic rings. The average Bonchev–Trinajstić information content (AvgIpc) is 3.10. The number of alkyl halides is 3. The van der Waals surface area contributed by atoms with Crippen LogP contribution in [0, 0.1) is 0 Å². The lowest BCUT2D eigenvalue weighted by molar-refractivity contribution is -0.112. The van der Waals surface area contributed by atoms with Gasteiger partial charge < -0.3 is 10.2 Å². The number of rotatable bonds is 5. The molecule has 1 N–H and O–H groups in total. The van der Waals surface area contributed by atoms with E-state index in [1.165, 1.54) is 48.5 Å². The third-order valence-corrected chi connectivity index (χ3v) is 5.96. The van der Waals surface area contributed by atoms with Gasteiger partial charge in [0.25, 0.3) is 10.0 Å². The van der Waals surface area contributed by atoms with E-state index >= 15 is 0 Å². The summed E-state index contributed by atoms with van der Waals surface area (Å²) in [6, 6.07) is 12.1. The predicted molar refractivity (Wildman–Crippen MR) is 112 cm³/mol. The van der Waals surface area contributed by atoms with Crippen LogP contribution in [0.3, 0.4) is 0 Å². The number of allylic oxidation sites excluding steroid dienone is 1. The van der Waals surface area contributed by atoms with E-state index in [1.54, 1.807) is 18.0 Å². The standard InChI is InChI=1S/C21H20F3N3O3S/c1-27-13-5-8-19(27)26-31(29,30)17-11-9-16(10-12-17)25-20(28)14-18(21(22,23)24)15-6-3-2-4-7-15/h2-4,6-7,9-12,14H,5,8,13H2,1H3,(H,25,28)/b18-14-,26-19-. The number of likely N-dealkylation sites (tertiary alicyclic amines) is 1. The van der Waals surface area contributed by atoms with Crippen LogP contribution in [0.4, 0.5) is 18.9 Å². The largest absolute Gasteiger partial charge is 0.417 e. The molecule has 1 amide bonds. The van der Waals surface area contributed by atoms with Crippen LogP contribution in [0.15, 0.2) is 70.0 Å². The Morgan fingerprint density at radius 1 is 1.10 bits per heavy atom. The number of nitrogens with one attached hydrogen (secondary N) is 1. The smallest absolute Gasteiger partial charge is 0.362 e. The highest BCUT2D eigenvalue weighted by atomic mass is 32.2. The maximum absolute atomic E-state index is 13.4. The third kappa shape index (κ3) is 5.72. The first-order valence-corrected chi connectivity index (χ1v) is 10.8. The number of amides is 1. The van der Waals surface area contributed by atoms with Crippen molar-refractivity contribution in [1.82, 2.24) is 4.90 Å². The molecule has 0 aromatic heterocycles. The number of nitrogens with zero attached hydrogens (tertiary/aromatic N) is 2. The van der Waals surface area contributed by atoms with Crippen molar-refractivity contribution in [2.45, 2.75) is 23.9 Å². The Hall–Kier alpha value is -3.14. The van der Waals surface area contributed by atoms with Crippen molar-refractivity contribution in [2.24, 2.45) is 4.40 Å². The van der Waals surface area contributed by atoms with Gasteiger partial charge >= 0.3 is 6.18 Å². The molecule has 0 bridgehead atoms. The van der Waals surface area contributed by atoms with Crippen molar-refractivity contribution in [3.05, 3.63) is 66.2 Å². The number of carbonyl (C=O) groups excluding carboxylic acids is 1. The number of hydrogen-bond donors (Lipinski definition) is 1. The van der Waals surface area contributed by atoms with Gasteiger partial charge in [-0.25, -0.2) is 0 Å². The van der Waals surface area contributed by atoms with Crippen LogP contribution in [0.25, 0.3) is 5.57 Å². The summed E-state index contributed by atoms with van der Waals surface area (Å²) >= 11 is 0. The molecular weight excluding hydrogens is 431 g/mol. The minimum absolute atomic E-state index is 0.0749. The van der Waals surface area contributed by atoms with E-state index in [9.17, 15) is 26.4 Å². The highest BCUT2D eigenvalue weighted by molar-refractivity contribution is 7.90. The minimum atomic E-state index is -4.72.